The van der Waals surface area contributed by atoms with E-state index in [1.165, 1.54) is 18.4 Å². The lowest BCUT2D eigenvalue weighted by Gasteiger charge is -2.39. The van der Waals surface area contributed by atoms with Gasteiger partial charge in [0.05, 0.1) is 12.7 Å². The molecule has 1 unspecified atom stereocenters. The van der Waals surface area contributed by atoms with E-state index in [4.69, 9.17) is 4.74 Å². The number of ether oxygens (including phenoxy) is 1. The number of rotatable bonds is 4. The molecule has 1 heterocycles. The second kappa shape index (κ2) is 7.05. The van der Waals surface area contributed by atoms with Gasteiger partial charge in [-0.1, -0.05) is 36.4 Å². The maximum absolute atomic E-state index is 12.0. The van der Waals surface area contributed by atoms with Gasteiger partial charge in [0.15, 0.2) is 0 Å². The number of hydrogen-bond donors (Lipinski definition) is 0. The Labute approximate surface area is 143 Å². The summed E-state index contributed by atoms with van der Waals surface area (Å²) in [6, 6.07) is 16.7. The summed E-state index contributed by atoms with van der Waals surface area (Å²) in [5.74, 6) is -0.278. The number of hydrogen-bond acceptors (Lipinski definition) is 4. The van der Waals surface area contributed by atoms with Crippen molar-refractivity contribution in [1.29, 1.82) is 0 Å². The third-order valence-corrected chi connectivity index (χ3v) is 4.73. The van der Waals surface area contributed by atoms with Crippen LogP contribution in [0.1, 0.15) is 21.5 Å². The number of carbonyl (C=O) groups is 1. The predicted octanol–water partition coefficient (Wildman–Crippen LogP) is 2.97. The first-order chi connectivity index (χ1) is 11.6. The molecule has 0 saturated carbocycles. The third kappa shape index (κ3) is 3.29. The number of fused-ring (bicyclic) bond motifs is 1. The van der Waals surface area contributed by atoms with Crippen LogP contribution in [0.15, 0.2) is 48.5 Å². The van der Waals surface area contributed by atoms with Gasteiger partial charge in [0.1, 0.15) is 0 Å². The Morgan fingerprint density at radius 2 is 1.88 bits per heavy atom. The first-order valence-corrected chi connectivity index (χ1v) is 8.25. The molecule has 2 aromatic rings. The van der Waals surface area contributed by atoms with Crippen molar-refractivity contribution in [3.63, 3.8) is 0 Å². The fourth-order valence-corrected chi connectivity index (χ4v) is 3.33. The van der Waals surface area contributed by atoms with Crippen LogP contribution in [-0.2, 0) is 17.7 Å². The smallest absolute Gasteiger partial charge is 0.338 e. The minimum Gasteiger partial charge on any atom is -0.465 e. The zero-order valence-electron chi connectivity index (χ0n) is 14.5. The van der Waals surface area contributed by atoms with E-state index in [1.807, 2.05) is 24.3 Å². The Morgan fingerprint density at radius 3 is 2.62 bits per heavy atom. The second-order valence-corrected chi connectivity index (χ2v) is 6.48. The van der Waals surface area contributed by atoms with Crippen LogP contribution in [0.4, 0.5) is 5.69 Å². The topological polar surface area (TPSA) is 32.8 Å². The molecule has 2 aromatic carbocycles. The van der Waals surface area contributed by atoms with Crippen molar-refractivity contribution >= 4 is 11.7 Å². The summed E-state index contributed by atoms with van der Waals surface area (Å²) in [5.41, 5.74) is 4.26. The highest BCUT2D eigenvalue weighted by Crippen LogP contribution is 2.30. The Bertz CT molecular complexity index is 727. The lowest BCUT2D eigenvalue weighted by molar-refractivity contribution is 0.0599. The van der Waals surface area contributed by atoms with E-state index in [-0.39, 0.29) is 5.97 Å². The number of nitrogens with zero attached hydrogens (tertiary/aromatic N) is 2. The molecule has 0 spiro atoms. The fourth-order valence-electron chi connectivity index (χ4n) is 3.33. The van der Waals surface area contributed by atoms with Crippen LogP contribution in [0.25, 0.3) is 0 Å². The number of carbonyl (C=O) groups excluding carboxylic acids is 1. The normalized spacial score (nSPS) is 16.8. The SMILES string of the molecule is COC(=O)c1ccccc1CN1CC(N(C)C)Cc2ccccc21. The van der Waals surface area contributed by atoms with E-state index >= 15 is 0 Å². The Hall–Kier alpha value is -2.33. The quantitative estimate of drug-likeness (QED) is 0.810. The maximum atomic E-state index is 12.0. The monoisotopic (exact) mass is 324 g/mol. The van der Waals surface area contributed by atoms with E-state index < -0.39 is 0 Å². The lowest BCUT2D eigenvalue weighted by atomic mass is 9.96. The molecule has 1 aliphatic heterocycles. The molecule has 1 atom stereocenters. The van der Waals surface area contributed by atoms with Gasteiger partial charge in [0.25, 0.3) is 0 Å². The van der Waals surface area contributed by atoms with Gasteiger partial charge in [0.2, 0.25) is 0 Å². The van der Waals surface area contributed by atoms with Gasteiger partial charge in [0, 0.05) is 24.8 Å². The zero-order chi connectivity index (χ0) is 17.1. The van der Waals surface area contributed by atoms with Gasteiger partial charge < -0.3 is 14.5 Å². The number of benzene rings is 2. The molecule has 0 fully saturated rings. The minimum absolute atomic E-state index is 0.278. The number of esters is 1. The fraction of sp³-hybridized carbons (Fsp3) is 0.350. The highest BCUT2D eigenvalue weighted by atomic mass is 16.5. The van der Waals surface area contributed by atoms with Crippen LogP contribution in [0.3, 0.4) is 0 Å². The van der Waals surface area contributed by atoms with Gasteiger partial charge in [-0.05, 0) is 43.8 Å². The van der Waals surface area contributed by atoms with Crippen LogP contribution >= 0.6 is 0 Å². The molecule has 3 rings (SSSR count). The molecule has 1 aliphatic rings. The van der Waals surface area contributed by atoms with Gasteiger partial charge in [-0.2, -0.15) is 0 Å². The summed E-state index contributed by atoms with van der Waals surface area (Å²) < 4.78 is 4.93. The third-order valence-electron chi connectivity index (χ3n) is 4.73. The molecule has 0 bridgehead atoms. The first kappa shape index (κ1) is 16.5. The Balaban J connectivity index is 1.93. The largest absolute Gasteiger partial charge is 0.465 e. The highest BCUT2D eigenvalue weighted by Gasteiger charge is 2.26. The van der Waals surface area contributed by atoms with E-state index in [2.05, 4.69) is 48.2 Å². The van der Waals surface area contributed by atoms with Gasteiger partial charge in [-0.3, -0.25) is 0 Å². The maximum Gasteiger partial charge on any atom is 0.338 e. The molecule has 4 heteroatoms. The molecule has 0 saturated heterocycles. The summed E-state index contributed by atoms with van der Waals surface area (Å²) in [7, 11) is 5.68. The van der Waals surface area contributed by atoms with Crippen LogP contribution in [0.2, 0.25) is 0 Å². The van der Waals surface area contributed by atoms with E-state index in [0.29, 0.717) is 18.2 Å². The second-order valence-electron chi connectivity index (χ2n) is 6.48. The standard InChI is InChI=1S/C20H24N2O2/c1-21(2)17-12-15-8-5-7-11-19(15)22(14-17)13-16-9-4-6-10-18(16)20(23)24-3/h4-11,17H,12-14H2,1-3H3. The lowest BCUT2D eigenvalue weighted by Crippen LogP contribution is -2.45. The minimum atomic E-state index is -0.278. The molecule has 24 heavy (non-hydrogen) atoms. The summed E-state index contributed by atoms with van der Waals surface area (Å²) >= 11 is 0. The van der Waals surface area contributed by atoms with Crippen molar-refractivity contribution < 1.29 is 9.53 Å². The van der Waals surface area contributed by atoms with Crippen molar-refractivity contribution in [3.05, 3.63) is 65.2 Å². The number of likely N-dealkylation sites (N-methyl/N-ethyl adjacent to an activating group) is 1. The molecular weight excluding hydrogens is 300 g/mol. The Morgan fingerprint density at radius 1 is 1.17 bits per heavy atom. The van der Waals surface area contributed by atoms with E-state index in [1.54, 1.807) is 0 Å². The van der Waals surface area contributed by atoms with Crippen molar-refractivity contribution in [2.24, 2.45) is 0 Å². The molecule has 4 nitrogen and oxygen atoms in total. The molecule has 126 valence electrons. The molecule has 0 aliphatic carbocycles. The summed E-state index contributed by atoms with van der Waals surface area (Å²) in [6.45, 7) is 1.64. The van der Waals surface area contributed by atoms with Crippen molar-refractivity contribution in [2.75, 3.05) is 32.6 Å². The molecule has 0 N–H and O–H groups in total. The van der Waals surface area contributed by atoms with Crippen molar-refractivity contribution in [2.45, 2.75) is 19.0 Å². The van der Waals surface area contributed by atoms with Crippen LogP contribution in [-0.4, -0.2) is 44.7 Å². The Kier molecular flexibility index (Phi) is 4.86. The average molecular weight is 324 g/mol. The molecule has 0 amide bonds. The van der Waals surface area contributed by atoms with Crippen LogP contribution in [0.5, 0.6) is 0 Å². The predicted molar refractivity (Wildman–Crippen MR) is 96.5 cm³/mol. The van der Waals surface area contributed by atoms with E-state index in [0.717, 1.165) is 18.5 Å². The highest BCUT2D eigenvalue weighted by molar-refractivity contribution is 5.91. The number of anilines is 1. The van der Waals surface area contributed by atoms with Crippen molar-refractivity contribution in [1.82, 2.24) is 4.90 Å². The van der Waals surface area contributed by atoms with Crippen molar-refractivity contribution in [3.8, 4) is 0 Å². The molecule has 0 aromatic heterocycles. The zero-order valence-corrected chi connectivity index (χ0v) is 14.5. The summed E-state index contributed by atoms with van der Waals surface area (Å²) in [5, 5.41) is 0. The van der Waals surface area contributed by atoms with Crippen LogP contribution in [0, 0.1) is 0 Å². The summed E-state index contributed by atoms with van der Waals surface area (Å²) in [6.07, 6.45) is 1.05. The number of para-hydroxylation sites is 1. The summed E-state index contributed by atoms with van der Waals surface area (Å²) in [4.78, 5) is 16.7. The van der Waals surface area contributed by atoms with Gasteiger partial charge >= 0.3 is 5.97 Å². The average Bonchev–Trinajstić information content (AvgIpc) is 2.61. The number of methoxy groups -OCH3 is 1. The first-order valence-electron chi connectivity index (χ1n) is 8.25. The van der Waals surface area contributed by atoms with Gasteiger partial charge in [-0.25, -0.2) is 4.79 Å². The molecule has 0 radical (unpaired) electrons. The van der Waals surface area contributed by atoms with E-state index in [9.17, 15) is 4.79 Å². The molecular formula is C20H24N2O2. The van der Waals surface area contributed by atoms with Gasteiger partial charge in [-0.15, -0.1) is 0 Å². The van der Waals surface area contributed by atoms with Crippen LogP contribution < -0.4 is 4.90 Å².